The molecule has 6 nitrogen and oxygen atoms in total. The first-order valence-electron chi connectivity index (χ1n) is 8.03. The van der Waals surface area contributed by atoms with Gasteiger partial charge in [-0.3, -0.25) is 14.4 Å². The summed E-state index contributed by atoms with van der Waals surface area (Å²) in [6, 6.07) is 7.43. The number of amides is 2. The van der Waals surface area contributed by atoms with Crippen molar-refractivity contribution in [2.75, 3.05) is 24.5 Å². The molecule has 2 fully saturated rings. The fourth-order valence-electron chi connectivity index (χ4n) is 3.40. The third-order valence-corrected chi connectivity index (χ3v) is 5.17. The van der Waals surface area contributed by atoms with Crippen LogP contribution in [0.3, 0.4) is 0 Å². The number of hydrogen-bond acceptors (Lipinski definition) is 3. The summed E-state index contributed by atoms with van der Waals surface area (Å²) in [4.78, 5) is 39.4. The average Bonchev–Trinajstić information content (AvgIpc) is 2.96. The van der Waals surface area contributed by atoms with Gasteiger partial charge in [0.1, 0.15) is 0 Å². The quantitative estimate of drug-likeness (QED) is 0.851. The molecular formula is C17H19BrN2O4. The zero-order valence-corrected chi connectivity index (χ0v) is 14.7. The molecule has 0 bridgehead atoms. The smallest absolute Gasteiger partial charge is 0.308 e. The Labute approximate surface area is 148 Å². The lowest BCUT2D eigenvalue weighted by Gasteiger charge is -2.32. The van der Waals surface area contributed by atoms with E-state index >= 15 is 0 Å². The molecule has 1 N–H and O–H groups in total. The summed E-state index contributed by atoms with van der Waals surface area (Å²) < 4.78 is 0.878. The highest BCUT2D eigenvalue weighted by Gasteiger charge is 2.39. The van der Waals surface area contributed by atoms with E-state index < -0.39 is 17.8 Å². The van der Waals surface area contributed by atoms with Crippen LogP contribution in [0.5, 0.6) is 0 Å². The maximum atomic E-state index is 12.7. The van der Waals surface area contributed by atoms with Gasteiger partial charge in [-0.1, -0.05) is 22.0 Å². The topological polar surface area (TPSA) is 77.9 Å². The van der Waals surface area contributed by atoms with E-state index in [-0.39, 0.29) is 24.8 Å². The monoisotopic (exact) mass is 394 g/mol. The molecule has 7 heteroatoms. The zero-order valence-electron chi connectivity index (χ0n) is 13.2. The normalized spacial score (nSPS) is 24.3. The van der Waals surface area contributed by atoms with Gasteiger partial charge in [0.05, 0.1) is 11.8 Å². The molecule has 0 spiro atoms. The number of nitrogens with zero attached hydrogens (tertiary/aromatic N) is 2. The standard InChI is InChI=1S/C17H19BrN2O4/c18-13-4-1-5-14(8-13)20-10-12(7-15(20)21)16(22)19-6-2-3-11(9-19)17(23)24/h1,4-5,8,11-12H,2-3,6-7,9-10H2,(H,23,24). The van der Waals surface area contributed by atoms with Crippen LogP contribution in [0.2, 0.25) is 0 Å². The number of carbonyl (C=O) groups is 3. The van der Waals surface area contributed by atoms with Crippen molar-refractivity contribution in [2.24, 2.45) is 11.8 Å². The van der Waals surface area contributed by atoms with Crippen LogP contribution in [0.25, 0.3) is 0 Å². The molecule has 128 valence electrons. The number of anilines is 1. The van der Waals surface area contributed by atoms with Gasteiger partial charge >= 0.3 is 5.97 Å². The lowest BCUT2D eigenvalue weighted by molar-refractivity contribution is -0.146. The summed E-state index contributed by atoms with van der Waals surface area (Å²) in [5.74, 6) is -1.93. The number of aliphatic carboxylic acids is 1. The first-order chi connectivity index (χ1) is 11.5. The lowest BCUT2D eigenvalue weighted by atomic mass is 9.96. The van der Waals surface area contributed by atoms with Gasteiger partial charge in [-0.05, 0) is 31.0 Å². The lowest BCUT2D eigenvalue weighted by Crippen LogP contribution is -2.45. The van der Waals surface area contributed by atoms with Gasteiger partial charge < -0.3 is 14.9 Å². The summed E-state index contributed by atoms with van der Waals surface area (Å²) in [6.07, 6.45) is 1.48. The van der Waals surface area contributed by atoms with E-state index in [0.717, 1.165) is 10.2 Å². The van der Waals surface area contributed by atoms with Gasteiger partial charge in [0.2, 0.25) is 11.8 Å². The van der Waals surface area contributed by atoms with Crippen molar-refractivity contribution in [2.45, 2.75) is 19.3 Å². The molecule has 2 atom stereocenters. The van der Waals surface area contributed by atoms with Crippen LogP contribution in [0.15, 0.2) is 28.7 Å². The molecule has 1 aromatic carbocycles. The third kappa shape index (κ3) is 3.45. The highest BCUT2D eigenvalue weighted by atomic mass is 79.9. The van der Waals surface area contributed by atoms with Crippen molar-refractivity contribution in [3.05, 3.63) is 28.7 Å². The van der Waals surface area contributed by atoms with Crippen molar-refractivity contribution in [3.63, 3.8) is 0 Å². The molecule has 2 unspecified atom stereocenters. The van der Waals surface area contributed by atoms with Crippen LogP contribution in [-0.4, -0.2) is 47.4 Å². The fraction of sp³-hybridized carbons (Fsp3) is 0.471. The maximum Gasteiger partial charge on any atom is 0.308 e. The summed E-state index contributed by atoms with van der Waals surface area (Å²) in [5, 5.41) is 9.16. The second-order valence-corrected chi connectivity index (χ2v) is 7.26. The molecule has 2 saturated heterocycles. The summed E-state index contributed by atoms with van der Waals surface area (Å²) in [7, 11) is 0. The van der Waals surface area contributed by atoms with Crippen LogP contribution >= 0.6 is 15.9 Å². The van der Waals surface area contributed by atoms with E-state index in [1.165, 1.54) is 0 Å². The molecule has 1 aromatic rings. The molecular weight excluding hydrogens is 376 g/mol. The first kappa shape index (κ1) is 17.0. The van der Waals surface area contributed by atoms with Gasteiger partial charge in [-0.15, -0.1) is 0 Å². The van der Waals surface area contributed by atoms with Crippen molar-refractivity contribution in [1.29, 1.82) is 0 Å². The summed E-state index contributed by atoms with van der Waals surface area (Å²) >= 11 is 3.39. The number of rotatable bonds is 3. The molecule has 0 radical (unpaired) electrons. The number of piperidine rings is 1. The molecule has 3 rings (SSSR count). The minimum absolute atomic E-state index is 0.0711. The minimum Gasteiger partial charge on any atom is -0.481 e. The van der Waals surface area contributed by atoms with Crippen LogP contribution in [-0.2, 0) is 14.4 Å². The Morgan fingerprint density at radius 3 is 2.71 bits per heavy atom. The van der Waals surface area contributed by atoms with Crippen molar-refractivity contribution >= 4 is 39.4 Å². The van der Waals surface area contributed by atoms with Gasteiger partial charge in [-0.2, -0.15) is 0 Å². The van der Waals surface area contributed by atoms with Crippen LogP contribution in [0, 0.1) is 11.8 Å². The average molecular weight is 395 g/mol. The Hall–Kier alpha value is -1.89. The molecule has 2 heterocycles. The Balaban J connectivity index is 1.69. The summed E-state index contributed by atoms with van der Waals surface area (Å²) in [6.45, 7) is 1.17. The number of carboxylic acids is 1. The fourth-order valence-corrected chi connectivity index (χ4v) is 3.79. The van der Waals surface area contributed by atoms with Crippen molar-refractivity contribution < 1.29 is 19.5 Å². The van der Waals surface area contributed by atoms with Gasteiger partial charge in [-0.25, -0.2) is 0 Å². The van der Waals surface area contributed by atoms with Gasteiger partial charge in [0.25, 0.3) is 0 Å². The molecule has 2 amide bonds. The highest BCUT2D eigenvalue weighted by molar-refractivity contribution is 9.10. The number of carbonyl (C=O) groups excluding carboxylic acids is 2. The predicted octanol–water partition coefficient (Wildman–Crippen LogP) is 2.13. The molecule has 2 aliphatic rings. The molecule has 24 heavy (non-hydrogen) atoms. The highest BCUT2D eigenvalue weighted by Crippen LogP contribution is 2.29. The second-order valence-electron chi connectivity index (χ2n) is 6.35. The van der Waals surface area contributed by atoms with Gasteiger partial charge in [0.15, 0.2) is 0 Å². The van der Waals surface area contributed by atoms with E-state index in [4.69, 9.17) is 5.11 Å². The Bertz CT molecular complexity index is 678. The number of carboxylic acid groups (broad SMARTS) is 1. The van der Waals surface area contributed by atoms with E-state index in [9.17, 15) is 14.4 Å². The number of hydrogen-bond donors (Lipinski definition) is 1. The predicted molar refractivity (Wildman–Crippen MR) is 91.5 cm³/mol. The van der Waals surface area contributed by atoms with E-state index in [2.05, 4.69) is 15.9 Å². The molecule has 0 aromatic heterocycles. The van der Waals surface area contributed by atoms with E-state index in [1.807, 2.05) is 24.3 Å². The summed E-state index contributed by atoms with van der Waals surface area (Å²) in [5.41, 5.74) is 0.770. The number of likely N-dealkylation sites (tertiary alicyclic amines) is 1. The molecule has 0 saturated carbocycles. The van der Waals surface area contributed by atoms with Crippen LogP contribution in [0.1, 0.15) is 19.3 Å². The zero-order chi connectivity index (χ0) is 17.3. The van der Waals surface area contributed by atoms with E-state index in [1.54, 1.807) is 9.80 Å². The van der Waals surface area contributed by atoms with Crippen LogP contribution < -0.4 is 4.90 Å². The maximum absolute atomic E-state index is 12.7. The third-order valence-electron chi connectivity index (χ3n) is 4.68. The van der Waals surface area contributed by atoms with Crippen LogP contribution in [0.4, 0.5) is 5.69 Å². The SMILES string of the molecule is O=C(O)C1CCCN(C(=O)C2CC(=O)N(c3cccc(Br)c3)C2)C1. The van der Waals surface area contributed by atoms with E-state index in [0.29, 0.717) is 25.9 Å². The number of halogens is 1. The van der Waals surface area contributed by atoms with Crippen molar-refractivity contribution in [3.8, 4) is 0 Å². The van der Waals surface area contributed by atoms with Gasteiger partial charge in [0, 0.05) is 36.2 Å². The largest absolute Gasteiger partial charge is 0.481 e. The Kier molecular flexibility index (Phi) is 4.89. The minimum atomic E-state index is -0.856. The molecule has 0 aliphatic carbocycles. The number of benzene rings is 1. The first-order valence-corrected chi connectivity index (χ1v) is 8.82. The van der Waals surface area contributed by atoms with Crippen molar-refractivity contribution in [1.82, 2.24) is 4.90 Å². The molecule has 2 aliphatic heterocycles. The Morgan fingerprint density at radius 1 is 1.21 bits per heavy atom. The Morgan fingerprint density at radius 2 is 2.00 bits per heavy atom. The second kappa shape index (κ2) is 6.93.